The summed E-state index contributed by atoms with van der Waals surface area (Å²) < 4.78 is 1.73. The van der Waals surface area contributed by atoms with Crippen LogP contribution in [0.4, 0.5) is 0 Å². The molecule has 0 spiro atoms. The van der Waals surface area contributed by atoms with Crippen LogP contribution in [0.15, 0.2) is 6.20 Å². The van der Waals surface area contributed by atoms with Gasteiger partial charge < -0.3 is 10.6 Å². The molecule has 1 fully saturated rings. The number of hydrogen-bond donors (Lipinski definition) is 2. The van der Waals surface area contributed by atoms with Crippen molar-refractivity contribution < 1.29 is 4.79 Å². The molecule has 1 aromatic rings. The molecule has 0 bridgehead atoms. The summed E-state index contributed by atoms with van der Waals surface area (Å²) in [5.41, 5.74) is 1.69. The molecule has 0 radical (unpaired) electrons. The minimum absolute atomic E-state index is 0.108. The van der Waals surface area contributed by atoms with Gasteiger partial charge in [0.05, 0.1) is 5.69 Å². The minimum atomic E-state index is -0.426. The topological polar surface area (TPSA) is 59.0 Å². The van der Waals surface area contributed by atoms with Crippen molar-refractivity contribution in [3.05, 3.63) is 17.5 Å². The third kappa shape index (κ3) is 2.17. The molecule has 1 aromatic heterocycles. The van der Waals surface area contributed by atoms with E-state index in [0.717, 1.165) is 11.3 Å². The van der Waals surface area contributed by atoms with Gasteiger partial charge in [-0.05, 0) is 12.2 Å². The summed E-state index contributed by atoms with van der Waals surface area (Å²) in [4.78, 5) is 11.8. The number of amides is 1. The standard InChI is InChI=1S/C11H16N4OS/c1-11(2,3)8-6(5-15(4)14-8)7-9(16)13-10(17)12-7/h5,7H,1-4H3,(H2,12,13,16,17). The number of nitrogens with one attached hydrogen (secondary N) is 2. The Balaban J connectivity index is 2.45. The quantitative estimate of drug-likeness (QED) is 0.725. The minimum Gasteiger partial charge on any atom is -0.347 e. The van der Waals surface area contributed by atoms with Gasteiger partial charge in [-0.1, -0.05) is 20.8 Å². The van der Waals surface area contributed by atoms with Gasteiger partial charge in [0.2, 0.25) is 0 Å². The number of nitrogens with zero attached hydrogens (tertiary/aromatic N) is 2. The molecule has 2 N–H and O–H groups in total. The number of aryl methyl sites for hydroxylation is 1. The second kappa shape index (κ2) is 3.80. The molecule has 2 heterocycles. The molecule has 6 heteroatoms. The van der Waals surface area contributed by atoms with Crippen LogP contribution in [0.5, 0.6) is 0 Å². The zero-order valence-electron chi connectivity index (χ0n) is 10.4. The van der Waals surface area contributed by atoms with E-state index in [1.54, 1.807) is 4.68 Å². The molecular formula is C11H16N4OS. The van der Waals surface area contributed by atoms with E-state index < -0.39 is 6.04 Å². The zero-order valence-corrected chi connectivity index (χ0v) is 11.2. The van der Waals surface area contributed by atoms with Gasteiger partial charge in [-0.3, -0.25) is 9.48 Å². The maximum atomic E-state index is 11.8. The van der Waals surface area contributed by atoms with Gasteiger partial charge in [-0.2, -0.15) is 5.10 Å². The van der Waals surface area contributed by atoms with E-state index >= 15 is 0 Å². The van der Waals surface area contributed by atoms with Crippen LogP contribution in [-0.4, -0.2) is 20.8 Å². The number of hydrogen-bond acceptors (Lipinski definition) is 3. The third-order valence-electron chi connectivity index (χ3n) is 2.65. The molecule has 1 atom stereocenters. The van der Waals surface area contributed by atoms with Crippen LogP contribution in [-0.2, 0) is 17.3 Å². The number of carbonyl (C=O) groups excluding carboxylic acids is 1. The first-order chi connectivity index (χ1) is 7.79. The van der Waals surface area contributed by atoms with Crippen molar-refractivity contribution in [2.75, 3.05) is 0 Å². The van der Waals surface area contributed by atoms with Crippen molar-refractivity contribution in [1.29, 1.82) is 0 Å². The highest BCUT2D eigenvalue weighted by Crippen LogP contribution is 2.29. The van der Waals surface area contributed by atoms with Crippen molar-refractivity contribution in [3.63, 3.8) is 0 Å². The molecule has 17 heavy (non-hydrogen) atoms. The second-order valence-corrected chi connectivity index (χ2v) is 5.66. The first kappa shape index (κ1) is 12.0. The number of thiocarbonyl (C=S) groups is 1. The van der Waals surface area contributed by atoms with Crippen LogP contribution in [0.3, 0.4) is 0 Å². The van der Waals surface area contributed by atoms with E-state index in [0.29, 0.717) is 5.11 Å². The average Bonchev–Trinajstić information content (AvgIpc) is 2.68. The second-order valence-electron chi connectivity index (χ2n) is 5.25. The summed E-state index contributed by atoms with van der Waals surface area (Å²) in [6.45, 7) is 6.22. The summed E-state index contributed by atoms with van der Waals surface area (Å²) in [5.74, 6) is -0.117. The monoisotopic (exact) mass is 252 g/mol. The Morgan fingerprint density at radius 3 is 2.59 bits per heavy atom. The van der Waals surface area contributed by atoms with E-state index in [1.807, 2.05) is 13.2 Å². The van der Waals surface area contributed by atoms with E-state index in [4.69, 9.17) is 12.2 Å². The van der Waals surface area contributed by atoms with E-state index in [-0.39, 0.29) is 11.3 Å². The van der Waals surface area contributed by atoms with Crippen molar-refractivity contribution >= 4 is 23.2 Å². The Morgan fingerprint density at radius 2 is 2.12 bits per heavy atom. The highest BCUT2D eigenvalue weighted by atomic mass is 32.1. The molecule has 0 saturated carbocycles. The largest absolute Gasteiger partial charge is 0.347 e. The Bertz CT molecular complexity index is 486. The van der Waals surface area contributed by atoms with Crippen LogP contribution in [0.1, 0.15) is 38.1 Å². The zero-order chi connectivity index (χ0) is 12.8. The normalized spacial score (nSPS) is 20.4. The van der Waals surface area contributed by atoms with Gasteiger partial charge in [0, 0.05) is 24.2 Å². The Hall–Kier alpha value is -1.43. The van der Waals surface area contributed by atoms with E-state index in [1.165, 1.54) is 0 Å². The van der Waals surface area contributed by atoms with Gasteiger partial charge in [-0.25, -0.2) is 0 Å². The summed E-state index contributed by atoms with van der Waals surface area (Å²) in [6, 6.07) is -0.426. The Kier molecular flexibility index (Phi) is 2.69. The average molecular weight is 252 g/mol. The van der Waals surface area contributed by atoms with Crippen LogP contribution >= 0.6 is 12.2 Å². The molecule has 1 amide bonds. The maximum absolute atomic E-state index is 11.8. The van der Waals surface area contributed by atoms with Crippen LogP contribution in [0.25, 0.3) is 0 Å². The lowest BCUT2D eigenvalue weighted by Crippen LogP contribution is -2.24. The van der Waals surface area contributed by atoms with E-state index in [9.17, 15) is 4.79 Å². The van der Waals surface area contributed by atoms with Crippen molar-refractivity contribution in [3.8, 4) is 0 Å². The molecule has 1 aliphatic heterocycles. The number of aromatic nitrogens is 2. The molecule has 1 saturated heterocycles. The maximum Gasteiger partial charge on any atom is 0.253 e. The summed E-state index contributed by atoms with van der Waals surface area (Å²) in [5, 5.41) is 10.4. The van der Waals surface area contributed by atoms with Crippen LogP contribution in [0, 0.1) is 0 Å². The smallest absolute Gasteiger partial charge is 0.253 e. The number of rotatable bonds is 1. The SMILES string of the molecule is Cn1cc(C2NC(=S)NC2=O)c(C(C)(C)C)n1. The lowest BCUT2D eigenvalue weighted by Gasteiger charge is -2.19. The fraction of sp³-hybridized carbons (Fsp3) is 0.545. The van der Waals surface area contributed by atoms with Crippen molar-refractivity contribution in [2.24, 2.45) is 7.05 Å². The fourth-order valence-corrected chi connectivity index (χ4v) is 2.16. The van der Waals surface area contributed by atoms with Gasteiger partial charge in [0.1, 0.15) is 6.04 Å². The Morgan fingerprint density at radius 1 is 1.47 bits per heavy atom. The van der Waals surface area contributed by atoms with Crippen molar-refractivity contribution in [1.82, 2.24) is 20.4 Å². The van der Waals surface area contributed by atoms with Crippen LogP contribution in [0.2, 0.25) is 0 Å². The van der Waals surface area contributed by atoms with Crippen LogP contribution < -0.4 is 10.6 Å². The summed E-state index contributed by atoms with van der Waals surface area (Å²) >= 11 is 4.95. The molecule has 2 rings (SSSR count). The van der Waals surface area contributed by atoms with Crippen molar-refractivity contribution in [2.45, 2.75) is 32.2 Å². The summed E-state index contributed by atoms with van der Waals surface area (Å²) in [7, 11) is 1.85. The molecule has 92 valence electrons. The van der Waals surface area contributed by atoms with Gasteiger partial charge >= 0.3 is 0 Å². The molecule has 5 nitrogen and oxygen atoms in total. The molecule has 0 aliphatic carbocycles. The highest BCUT2D eigenvalue weighted by molar-refractivity contribution is 7.80. The predicted octanol–water partition coefficient (Wildman–Crippen LogP) is 0.763. The van der Waals surface area contributed by atoms with Gasteiger partial charge in [0.25, 0.3) is 5.91 Å². The van der Waals surface area contributed by atoms with E-state index in [2.05, 4.69) is 36.5 Å². The fourth-order valence-electron chi connectivity index (χ4n) is 1.94. The molecular weight excluding hydrogens is 236 g/mol. The first-order valence-corrected chi connectivity index (χ1v) is 5.85. The lowest BCUT2D eigenvalue weighted by molar-refractivity contribution is -0.120. The lowest BCUT2D eigenvalue weighted by atomic mass is 9.87. The Labute approximate surface area is 106 Å². The predicted molar refractivity (Wildman–Crippen MR) is 68.5 cm³/mol. The highest BCUT2D eigenvalue weighted by Gasteiger charge is 2.34. The third-order valence-corrected chi connectivity index (χ3v) is 2.87. The molecule has 1 unspecified atom stereocenters. The number of carbonyl (C=O) groups is 1. The molecule has 1 aliphatic rings. The first-order valence-electron chi connectivity index (χ1n) is 5.44. The van der Waals surface area contributed by atoms with Gasteiger partial charge in [0.15, 0.2) is 5.11 Å². The molecule has 0 aromatic carbocycles. The van der Waals surface area contributed by atoms with Gasteiger partial charge in [-0.15, -0.1) is 0 Å². The summed E-state index contributed by atoms with van der Waals surface area (Å²) in [6.07, 6.45) is 1.87.